The first-order valence-electron chi connectivity index (χ1n) is 7.99. The predicted molar refractivity (Wildman–Crippen MR) is 84.0 cm³/mol. The predicted octanol–water partition coefficient (Wildman–Crippen LogP) is 1.62. The Labute approximate surface area is 135 Å². The van der Waals surface area contributed by atoms with E-state index in [0.29, 0.717) is 38.0 Å². The van der Waals surface area contributed by atoms with E-state index < -0.39 is 6.10 Å². The van der Waals surface area contributed by atoms with Gasteiger partial charge in [0, 0.05) is 19.6 Å². The maximum atomic E-state index is 12.9. The molecule has 2 N–H and O–H groups in total. The van der Waals surface area contributed by atoms with Crippen LogP contribution < -0.4 is 5.32 Å². The molecule has 0 bridgehead atoms. The highest BCUT2D eigenvalue weighted by Crippen LogP contribution is 2.30. The molecule has 0 aromatic heterocycles. The van der Waals surface area contributed by atoms with Crippen LogP contribution in [0.1, 0.15) is 37.9 Å². The zero-order chi connectivity index (χ0) is 16.8. The molecular formula is C17H23FN2O3. The summed E-state index contributed by atoms with van der Waals surface area (Å²) in [6, 6.07) is 5.85. The Balaban J connectivity index is 1.84. The minimum atomic E-state index is -0.656. The SMILES string of the molecule is CCNC(=O)CC(=O)N1CCC(C(O)c2ccc(F)cc2)CC1. The second kappa shape index (κ2) is 8.06. The van der Waals surface area contributed by atoms with Gasteiger partial charge in [-0.15, -0.1) is 0 Å². The number of piperidine rings is 1. The fraction of sp³-hybridized carbons (Fsp3) is 0.529. The van der Waals surface area contributed by atoms with Gasteiger partial charge in [-0.1, -0.05) is 12.1 Å². The number of halogens is 1. The molecule has 2 rings (SSSR count). The first-order chi connectivity index (χ1) is 11.0. The summed E-state index contributed by atoms with van der Waals surface area (Å²) in [5, 5.41) is 13.0. The Bertz CT molecular complexity index is 539. The molecule has 0 aliphatic carbocycles. The third-order valence-corrected chi connectivity index (χ3v) is 4.24. The van der Waals surface area contributed by atoms with Crippen LogP contribution in [0.5, 0.6) is 0 Å². The van der Waals surface area contributed by atoms with Crippen molar-refractivity contribution in [2.24, 2.45) is 5.92 Å². The molecule has 0 saturated carbocycles. The number of hydrogen-bond acceptors (Lipinski definition) is 3. The largest absolute Gasteiger partial charge is 0.388 e. The van der Waals surface area contributed by atoms with Crippen LogP contribution >= 0.6 is 0 Å². The first kappa shape index (κ1) is 17.4. The monoisotopic (exact) mass is 322 g/mol. The van der Waals surface area contributed by atoms with E-state index in [1.165, 1.54) is 12.1 Å². The highest BCUT2D eigenvalue weighted by atomic mass is 19.1. The molecule has 6 heteroatoms. The molecule has 1 atom stereocenters. The van der Waals surface area contributed by atoms with Crippen molar-refractivity contribution in [1.29, 1.82) is 0 Å². The van der Waals surface area contributed by atoms with Crippen LogP contribution in [0.25, 0.3) is 0 Å². The highest BCUT2D eigenvalue weighted by molar-refractivity contribution is 5.96. The lowest BCUT2D eigenvalue weighted by atomic mass is 9.87. The van der Waals surface area contributed by atoms with Crippen molar-refractivity contribution in [1.82, 2.24) is 10.2 Å². The maximum absolute atomic E-state index is 12.9. The average Bonchev–Trinajstić information content (AvgIpc) is 2.55. The summed E-state index contributed by atoms with van der Waals surface area (Å²) in [7, 11) is 0. The molecule has 2 amide bonds. The lowest BCUT2D eigenvalue weighted by molar-refractivity contribution is -0.137. The van der Waals surface area contributed by atoms with Gasteiger partial charge in [-0.05, 0) is 43.4 Å². The topological polar surface area (TPSA) is 69.6 Å². The molecule has 1 aliphatic heterocycles. The van der Waals surface area contributed by atoms with Gasteiger partial charge >= 0.3 is 0 Å². The van der Waals surface area contributed by atoms with E-state index in [1.54, 1.807) is 17.0 Å². The third kappa shape index (κ3) is 4.76. The number of amides is 2. The number of rotatable bonds is 5. The number of carbonyl (C=O) groups excluding carboxylic acids is 2. The quantitative estimate of drug-likeness (QED) is 0.810. The molecule has 1 saturated heterocycles. The summed E-state index contributed by atoms with van der Waals surface area (Å²) in [4.78, 5) is 25.1. The van der Waals surface area contributed by atoms with Crippen LogP contribution in [0.2, 0.25) is 0 Å². The molecule has 1 heterocycles. The van der Waals surface area contributed by atoms with Crippen LogP contribution in [0.3, 0.4) is 0 Å². The lowest BCUT2D eigenvalue weighted by Crippen LogP contribution is -2.41. The van der Waals surface area contributed by atoms with Crippen molar-refractivity contribution in [3.8, 4) is 0 Å². The van der Waals surface area contributed by atoms with Gasteiger partial charge < -0.3 is 15.3 Å². The van der Waals surface area contributed by atoms with E-state index in [4.69, 9.17) is 0 Å². The van der Waals surface area contributed by atoms with Crippen LogP contribution in [0.15, 0.2) is 24.3 Å². The van der Waals surface area contributed by atoms with Crippen molar-refractivity contribution in [2.75, 3.05) is 19.6 Å². The van der Waals surface area contributed by atoms with Gasteiger partial charge in [-0.2, -0.15) is 0 Å². The Hall–Kier alpha value is -1.95. The summed E-state index contributed by atoms with van der Waals surface area (Å²) >= 11 is 0. The lowest BCUT2D eigenvalue weighted by Gasteiger charge is -2.34. The Morgan fingerprint density at radius 1 is 1.30 bits per heavy atom. The van der Waals surface area contributed by atoms with Crippen molar-refractivity contribution in [2.45, 2.75) is 32.3 Å². The van der Waals surface area contributed by atoms with Crippen LogP contribution in [-0.2, 0) is 9.59 Å². The van der Waals surface area contributed by atoms with E-state index in [0.717, 1.165) is 0 Å². The van der Waals surface area contributed by atoms with E-state index in [1.807, 2.05) is 6.92 Å². The Morgan fingerprint density at radius 2 is 1.91 bits per heavy atom. The van der Waals surface area contributed by atoms with Crippen molar-refractivity contribution < 1.29 is 19.1 Å². The molecule has 0 radical (unpaired) electrons. The van der Waals surface area contributed by atoms with E-state index in [-0.39, 0.29) is 30.0 Å². The number of likely N-dealkylation sites (tertiary alicyclic amines) is 1. The van der Waals surface area contributed by atoms with E-state index in [9.17, 15) is 19.1 Å². The summed E-state index contributed by atoms with van der Waals surface area (Å²) in [6.07, 6.45) is 0.550. The number of benzene rings is 1. The molecule has 5 nitrogen and oxygen atoms in total. The highest BCUT2D eigenvalue weighted by Gasteiger charge is 2.28. The molecular weight excluding hydrogens is 299 g/mol. The maximum Gasteiger partial charge on any atom is 0.232 e. The molecule has 1 fully saturated rings. The molecule has 1 aromatic rings. The smallest absolute Gasteiger partial charge is 0.232 e. The van der Waals surface area contributed by atoms with Gasteiger partial charge in [-0.3, -0.25) is 9.59 Å². The van der Waals surface area contributed by atoms with Crippen LogP contribution in [-0.4, -0.2) is 41.5 Å². The average molecular weight is 322 g/mol. The van der Waals surface area contributed by atoms with Gasteiger partial charge in [-0.25, -0.2) is 4.39 Å². The summed E-state index contributed by atoms with van der Waals surface area (Å²) in [5.74, 6) is -0.725. The minimum absolute atomic E-state index is 0.0361. The fourth-order valence-electron chi connectivity index (χ4n) is 2.91. The normalized spacial score (nSPS) is 16.9. The minimum Gasteiger partial charge on any atom is -0.388 e. The summed E-state index contributed by atoms with van der Waals surface area (Å²) in [5.41, 5.74) is 0.693. The zero-order valence-corrected chi connectivity index (χ0v) is 13.3. The fourth-order valence-corrected chi connectivity index (χ4v) is 2.91. The first-order valence-corrected chi connectivity index (χ1v) is 7.99. The molecule has 126 valence electrons. The third-order valence-electron chi connectivity index (χ3n) is 4.24. The van der Waals surface area contributed by atoms with Gasteiger partial charge in [0.15, 0.2) is 0 Å². The number of carbonyl (C=O) groups is 2. The second-order valence-corrected chi connectivity index (χ2v) is 5.84. The second-order valence-electron chi connectivity index (χ2n) is 5.84. The van der Waals surface area contributed by atoms with E-state index >= 15 is 0 Å². The standard InChI is InChI=1S/C17H23FN2O3/c1-2-19-15(21)11-16(22)20-9-7-13(8-10-20)17(23)12-3-5-14(18)6-4-12/h3-6,13,17,23H,2,7-11H2,1H3,(H,19,21). The summed E-state index contributed by atoms with van der Waals surface area (Å²) < 4.78 is 12.9. The van der Waals surface area contributed by atoms with E-state index in [2.05, 4.69) is 5.32 Å². The number of aliphatic hydroxyl groups is 1. The summed E-state index contributed by atoms with van der Waals surface area (Å²) in [6.45, 7) is 3.38. The van der Waals surface area contributed by atoms with Crippen LogP contribution in [0.4, 0.5) is 4.39 Å². The van der Waals surface area contributed by atoms with Crippen LogP contribution in [0, 0.1) is 11.7 Å². The number of nitrogens with one attached hydrogen (secondary N) is 1. The molecule has 23 heavy (non-hydrogen) atoms. The van der Waals surface area contributed by atoms with Gasteiger partial charge in [0.2, 0.25) is 11.8 Å². The Morgan fingerprint density at radius 3 is 2.48 bits per heavy atom. The van der Waals surface area contributed by atoms with Gasteiger partial charge in [0.1, 0.15) is 12.2 Å². The number of hydrogen-bond donors (Lipinski definition) is 2. The van der Waals surface area contributed by atoms with Gasteiger partial charge in [0.25, 0.3) is 0 Å². The Kier molecular flexibility index (Phi) is 6.10. The molecule has 0 spiro atoms. The molecule has 1 aliphatic rings. The van der Waals surface area contributed by atoms with Gasteiger partial charge in [0.05, 0.1) is 6.10 Å². The molecule has 1 unspecified atom stereocenters. The van der Waals surface area contributed by atoms with Crippen molar-refractivity contribution in [3.05, 3.63) is 35.6 Å². The zero-order valence-electron chi connectivity index (χ0n) is 13.3. The van der Waals surface area contributed by atoms with Crippen molar-refractivity contribution in [3.63, 3.8) is 0 Å². The molecule has 1 aromatic carbocycles. The number of aliphatic hydroxyl groups excluding tert-OH is 1. The number of nitrogens with zero attached hydrogens (tertiary/aromatic N) is 1. The van der Waals surface area contributed by atoms with Crippen molar-refractivity contribution >= 4 is 11.8 Å².